The lowest BCUT2D eigenvalue weighted by Crippen LogP contribution is -2.51. The zero-order chi connectivity index (χ0) is 10.1. The molecule has 76 valence electrons. The number of ether oxygens (including phenoxy) is 1. The van der Waals surface area contributed by atoms with Gasteiger partial charge in [0.25, 0.3) is 0 Å². The van der Waals surface area contributed by atoms with Gasteiger partial charge in [-0.05, 0) is 6.92 Å². The van der Waals surface area contributed by atoms with E-state index >= 15 is 0 Å². The highest BCUT2D eigenvalue weighted by Gasteiger charge is 2.50. The van der Waals surface area contributed by atoms with Crippen molar-refractivity contribution in [2.75, 3.05) is 6.61 Å². The van der Waals surface area contributed by atoms with E-state index in [1.54, 1.807) is 0 Å². The second-order valence-electron chi connectivity index (χ2n) is 3.14. The SMILES string of the molecule is CC1(NC=O)O[C@H](CO)[C@@H](O)[C@H]1O. The Morgan fingerprint density at radius 3 is 2.62 bits per heavy atom. The average Bonchev–Trinajstić information content (AvgIpc) is 2.31. The second-order valence-corrected chi connectivity index (χ2v) is 3.14. The van der Waals surface area contributed by atoms with Gasteiger partial charge >= 0.3 is 0 Å². The van der Waals surface area contributed by atoms with Crippen LogP contribution >= 0.6 is 0 Å². The molecule has 1 saturated heterocycles. The van der Waals surface area contributed by atoms with Crippen LogP contribution in [0.15, 0.2) is 0 Å². The van der Waals surface area contributed by atoms with Crippen molar-refractivity contribution in [2.45, 2.75) is 31.0 Å². The highest BCUT2D eigenvalue weighted by atomic mass is 16.6. The third kappa shape index (κ3) is 1.66. The van der Waals surface area contributed by atoms with Crippen molar-refractivity contribution >= 4 is 6.41 Å². The molecule has 6 heteroatoms. The van der Waals surface area contributed by atoms with E-state index in [4.69, 9.17) is 9.84 Å². The Bertz CT molecular complexity index is 199. The van der Waals surface area contributed by atoms with Gasteiger partial charge in [0.05, 0.1) is 6.61 Å². The molecule has 1 rings (SSSR count). The number of amides is 1. The molecule has 1 amide bonds. The van der Waals surface area contributed by atoms with Gasteiger partial charge in [0.1, 0.15) is 18.3 Å². The van der Waals surface area contributed by atoms with Gasteiger partial charge < -0.3 is 25.4 Å². The minimum atomic E-state index is -1.32. The molecule has 4 N–H and O–H groups in total. The Labute approximate surface area is 75.1 Å². The van der Waals surface area contributed by atoms with Gasteiger partial charge in [-0.25, -0.2) is 0 Å². The monoisotopic (exact) mass is 191 g/mol. The maximum Gasteiger partial charge on any atom is 0.209 e. The molecule has 0 aromatic heterocycles. The molecule has 1 fully saturated rings. The average molecular weight is 191 g/mol. The lowest BCUT2D eigenvalue weighted by Gasteiger charge is -2.26. The number of nitrogens with one attached hydrogen (secondary N) is 1. The molecule has 0 aliphatic carbocycles. The van der Waals surface area contributed by atoms with E-state index in [0.29, 0.717) is 6.41 Å². The Hall–Kier alpha value is -0.690. The largest absolute Gasteiger partial charge is 0.394 e. The summed E-state index contributed by atoms with van der Waals surface area (Å²) in [6.07, 6.45) is -2.93. The Morgan fingerprint density at radius 2 is 2.23 bits per heavy atom. The smallest absolute Gasteiger partial charge is 0.209 e. The summed E-state index contributed by atoms with van der Waals surface area (Å²) in [5.74, 6) is 0. The van der Waals surface area contributed by atoms with E-state index in [2.05, 4.69) is 5.32 Å². The zero-order valence-electron chi connectivity index (χ0n) is 7.17. The number of rotatable bonds is 3. The summed E-state index contributed by atoms with van der Waals surface area (Å²) in [5.41, 5.74) is -1.32. The van der Waals surface area contributed by atoms with E-state index in [9.17, 15) is 15.0 Å². The lowest BCUT2D eigenvalue weighted by atomic mass is 10.0. The molecule has 0 saturated carbocycles. The first-order valence-corrected chi connectivity index (χ1v) is 3.91. The van der Waals surface area contributed by atoms with Crippen LogP contribution in [0.3, 0.4) is 0 Å². The van der Waals surface area contributed by atoms with Crippen LogP contribution in [0.2, 0.25) is 0 Å². The minimum absolute atomic E-state index is 0.371. The van der Waals surface area contributed by atoms with Crippen molar-refractivity contribution < 1.29 is 24.9 Å². The van der Waals surface area contributed by atoms with Crippen molar-refractivity contribution in [2.24, 2.45) is 0 Å². The first-order chi connectivity index (χ1) is 6.05. The van der Waals surface area contributed by atoms with Crippen LogP contribution < -0.4 is 5.32 Å². The molecule has 1 unspecified atom stereocenters. The molecule has 4 atom stereocenters. The van der Waals surface area contributed by atoms with Gasteiger partial charge in [0.2, 0.25) is 6.41 Å². The molecule has 0 aromatic carbocycles. The summed E-state index contributed by atoms with van der Waals surface area (Å²) in [5, 5.41) is 29.8. The van der Waals surface area contributed by atoms with Crippen LogP contribution in [0.4, 0.5) is 0 Å². The molecule has 1 aliphatic heterocycles. The predicted octanol–water partition coefficient (Wildman–Crippen LogP) is -2.44. The van der Waals surface area contributed by atoms with Crippen LogP contribution in [0.25, 0.3) is 0 Å². The number of carbonyl (C=O) groups excluding carboxylic acids is 1. The van der Waals surface area contributed by atoms with Crippen molar-refractivity contribution in [3.05, 3.63) is 0 Å². The molecule has 1 heterocycles. The van der Waals surface area contributed by atoms with E-state index in [0.717, 1.165) is 0 Å². The Balaban J connectivity index is 2.74. The predicted molar refractivity (Wildman–Crippen MR) is 41.6 cm³/mol. The van der Waals surface area contributed by atoms with Gasteiger partial charge in [-0.15, -0.1) is 0 Å². The van der Waals surface area contributed by atoms with Gasteiger partial charge in [0.15, 0.2) is 5.72 Å². The third-order valence-corrected chi connectivity index (χ3v) is 2.19. The summed E-state index contributed by atoms with van der Waals surface area (Å²) >= 11 is 0. The summed E-state index contributed by atoms with van der Waals surface area (Å²) in [7, 11) is 0. The molecule has 13 heavy (non-hydrogen) atoms. The Morgan fingerprint density at radius 1 is 1.62 bits per heavy atom. The van der Waals surface area contributed by atoms with Gasteiger partial charge in [0, 0.05) is 0 Å². The maximum absolute atomic E-state index is 10.2. The maximum atomic E-state index is 10.2. The van der Waals surface area contributed by atoms with Gasteiger partial charge in [-0.1, -0.05) is 0 Å². The van der Waals surface area contributed by atoms with Gasteiger partial charge in [-0.2, -0.15) is 0 Å². The molecule has 0 radical (unpaired) electrons. The highest BCUT2D eigenvalue weighted by molar-refractivity contribution is 5.47. The summed E-state index contributed by atoms with van der Waals surface area (Å²) < 4.78 is 5.07. The van der Waals surface area contributed by atoms with Crippen molar-refractivity contribution in [3.8, 4) is 0 Å². The van der Waals surface area contributed by atoms with Crippen molar-refractivity contribution in [1.82, 2.24) is 5.32 Å². The van der Waals surface area contributed by atoms with Crippen LogP contribution in [0.5, 0.6) is 0 Å². The normalized spacial score (nSPS) is 44.8. The van der Waals surface area contributed by atoms with E-state index in [1.807, 2.05) is 0 Å². The lowest BCUT2D eigenvalue weighted by molar-refractivity contribution is -0.129. The number of hydrogen-bond acceptors (Lipinski definition) is 5. The fourth-order valence-electron chi connectivity index (χ4n) is 1.36. The first kappa shape index (κ1) is 10.4. The molecule has 0 aromatic rings. The molecule has 1 aliphatic rings. The summed E-state index contributed by atoms with van der Waals surface area (Å²) in [6.45, 7) is 1.01. The van der Waals surface area contributed by atoms with Crippen LogP contribution in [0, 0.1) is 0 Å². The summed E-state index contributed by atoms with van der Waals surface area (Å²) in [4.78, 5) is 10.2. The molecule has 0 spiro atoms. The Kier molecular flexibility index (Phi) is 2.87. The van der Waals surface area contributed by atoms with E-state index in [1.165, 1.54) is 6.92 Å². The van der Waals surface area contributed by atoms with Crippen LogP contribution in [-0.4, -0.2) is 52.4 Å². The highest BCUT2D eigenvalue weighted by Crippen LogP contribution is 2.28. The van der Waals surface area contributed by atoms with E-state index < -0.39 is 30.6 Å². The first-order valence-electron chi connectivity index (χ1n) is 3.91. The number of aliphatic hydroxyl groups is 3. The topological polar surface area (TPSA) is 99.0 Å². The number of carbonyl (C=O) groups is 1. The molecular weight excluding hydrogens is 178 g/mol. The van der Waals surface area contributed by atoms with Crippen LogP contribution in [0.1, 0.15) is 6.92 Å². The van der Waals surface area contributed by atoms with Crippen molar-refractivity contribution in [3.63, 3.8) is 0 Å². The summed E-state index contributed by atoms with van der Waals surface area (Å²) in [6, 6.07) is 0. The fraction of sp³-hybridized carbons (Fsp3) is 0.857. The van der Waals surface area contributed by atoms with Crippen LogP contribution in [-0.2, 0) is 9.53 Å². The van der Waals surface area contributed by atoms with Gasteiger partial charge in [-0.3, -0.25) is 4.79 Å². The molecule has 0 bridgehead atoms. The third-order valence-electron chi connectivity index (χ3n) is 2.19. The number of hydrogen-bond donors (Lipinski definition) is 4. The minimum Gasteiger partial charge on any atom is -0.394 e. The molecular formula is C7H13NO5. The second kappa shape index (κ2) is 3.59. The molecule has 6 nitrogen and oxygen atoms in total. The fourth-order valence-corrected chi connectivity index (χ4v) is 1.36. The standard InChI is InChI=1S/C7H13NO5/c1-7(8-3-10)6(12)5(11)4(2-9)13-7/h3-6,9,11-12H,2H2,1H3,(H,8,10)/t4-,5-,6-,7?/m1/s1. The zero-order valence-corrected chi connectivity index (χ0v) is 7.17. The quantitative estimate of drug-likeness (QED) is 0.371. The van der Waals surface area contributed by atoms with Crippen molar-refractivity contribution in [1.29, 1.82) is 0 Å². The number of aliphatic hydroxyl groups excluding tert-OH is 3. The van der Waals surface area contributed by atoms with E-state index in [-0.39, 0.29) is 0 Å².